The van der Waals surface area contributed by atoms with E-state index in [-0.39, 0.29) is 43.4 Å². The average molecular weight is 854 g/mol. The summed E-state index contributed by atoms with van der Waals surface area (Å²) in [6, 6.07) is 34.7. The minimum Gasteiger partial charge on any atom is -0.423 e. The number of fused-ring (bicyclic) bond motifs is 1. The Morgan fingerprint density at radius 3 is 2.00 bits per heavy atom. The number of aromatic amines is 1. The molecule has 0 radical (unpaired) electrons. The van der Waals surface area contributed by atoms with Gasteiger partial charge in [0.05, 0.1) is 29.2 Å². The van der Waals surface area contributed by atoms with Crippen LogP contribution in [0.1, 0.15) is 43.7 Å². The molecule has 2 amide bonds. The van der Waals surface area contributed by atoms with E-state index >= 15 is 0 Å². The highest BCUT2D eigenvalue weighted by atomic mass is 19.4. The second-order valence-electron chi connectivity index (χ2n) is 14.9. The predicted molar refractivity (Wildman–Crippen MR) is 234 cm³/mol. The molecule has 1 atom stereocenters. The standard InChI is InChI=1S/C32H32F3N5O2.C6H6BFO2.C6H7BO2.CH4/c33-32(34,35)25-8-4-7-23(17-25)21-12-15-40(16-13-21)29(41)20-39-14-11-24(19-39)31(42)36-26-9-10-28-27(18-26)30(38-37-28)22-5-2-1-3-6-22;8-6-3-1-5(2-4-6)7(9)10;8-7(9)6-4-2-1-3-5-6;/h1-10,17-18,21,24H,11-16,19-20H2,(H,36,42)(H,37,38);1-4,9-10H;1-5,8-9H;1H4/t24-;;;/m1.../s1. The van der Waals surface area contributed by atoms with Gasteiger partial charge >= 0.3 is 20.4 Å². The molecule has 2 aliphatic rings. The van der Waals surface area contributed by atoms with Gasteiger partial charge in [-0.05, 0) is 84.6 Å². The van der Waals surface area contributed by atoms with Crippen molar-refractivity contribution in [3.8, 4) is 11.3 Å². The van der Waals surface area contributed by atoms with Crippen LogP contribution in [0.15, 0.2) is 127 Å². The van der Waals surface area contributed by atoms with Crippen LogP contribution >= 0.6 is 0 Å². The quantitative estimate of drug-likeness (QED) is 0.0874. The topological polar surface area (TPSA) is 162 Å². The summed E-state index contributed by atoms with van der Waals surface area (Å²) in [7, 11) is -2.85. The van der Waals surface area contributed by atoms with Crippen molar-refractivity contribution < 1.29 is 47.2 Å². The Bertz CT molecular complexity index is 2350. The van der Waals surface area contributed by atoms with Crippen LogP contribution in [0.3, 0.4) is 0 Å². The first-order valence-electron chi connectivity index (χ1n) is 19.8. The van der Waals surface area contributed by atoms with Crippen LogP contribution in [0, 0.1) is 11.7 Å². The summed E-state index contributed by atoms with van der Waals surface area (Å²) in [5.74, 6) is -0.683. The van der Waals surface area contributed by atoms with E-state index in [4.69, 9.17) is 20.1 Å². The van der Waals surface area contributed by atoms with Crippen LogP contribution in [0.2, 0.25) is 0 Å². The number of alkyl halides is 3. The molecule has 6 N–H and O–H groups in total. The van der Waals surface area contributed by atoms with Gasteiger partial charge in [-0.2, -0.15) is 18.3 Å². The lowest BCUT2D eigenvalue weighted by molar-refractivity contribution is -0.137. The highest BCUT2D eigenvalue weighted by molar-refractivity contribution is 6.58. The van der Waals surface area contributed by atoms with E-state index in [1.165, 1.54) is 36.4 Å². The Morgan fingerprint density at radius 1 is 0.758 bits per heavy atom. The molecule has 324 valence electrons. The smallest absolute Gasteiger partial charge is 0.423 e. The van der Waals surface area contributed by atoms with Gasteiger partial charge in [0.15, 0.2) is 0 Å². The fraction of sp³-hybridized carbons (Fsp3) is 0.267. The van der Waals surface area contributed by atoms with E-state index in [1.54, 1.807) is 35.2 Å². The first kappa shape index (κ1) is 47.2. The maximum atomic E-state index is 13.1. The largest absolute Gasteiger partial charge is 0.488 e. The van der Waals surface area contributed by atoms with Crippen LogP contribution in [0.25, 0.3) is 22.2 Å². The Hall–Kier alpha value is -5.84. The molecule has 0 spiro atoms. The molecule has 0 saturated carbocycles. The third-order valence-corrected chi connectivity index (χ3v) is 10.7. The number of nitrogens with one attached hydrogen (secondary N) is 2. The van der Waals surface area contributed by atoms with Crippen molar-refractivity contribution >= 4 is 53.6 Å². The van der Waals surface area contributed by atoms with E-state index in [0.29, 0.717) is 67.6 Å². The second-order valence-corrected chi connectivity index (χ2v) is 14.9. The Labute approximate surface area is 358 Å². The summed E-state index contributed by atoms with van der Waals surface area (Å²) in [6.45, 7) is 2.42. The van der Waals surface area contributed by atoms with Crippen molar-refractivity contribution in [2.75, 3.05) is 38.0 Å². The van der Waals surface area contributed by atoms with E-state index in [2.05, 4.69) is 15.5 Å². The van der Waals surface area contributed by atoms with Gasteiger partial charge in [-0.25, -0.2) is 4.39 Å². The molecular weight excluding hydrogens is 804 g/mol. The molecule has 2 aliphatic heterocycles. The van der Waals surface area contributed by atoms with E-state index in [0.717, 1.165) is 28.2 Å². The first-order chi connectivity index (χ1) is 29.2. The minimum atomic E-state index is -4.36. The number of rotatable bonds is 8. The number of benzene rings is 5. The van der Waals surface area contributed by atoms with Gasteiger partial charge < -0.3 is 30.3 Å². The number of likely N-dealkylation sites (tertiary alicyclic amines) is 2. The Morgan fingerprint density at radius 2 is 1.39 bits per heavy atom. The van der Waals surface area contributed by atoms with Gasteiger partial charge in [0, 0.05) is 36.3 Å². The van der Waals surface area contributed by atoms with Crippen molar-refractivity contribution in [2.45, 2.75) is 38.8 Å². The Balaban J connectivity index is 0.000000298. The third kappa shape index (κ3) is 12.8. The number of H-pyrrole nitrogens is 1. The molecular formula is C45H49B2F4N5O6. The summed E-state index contributed by atoms with van der Waals surface area (Å²) >= 11 is 0. The van der Waals surface area contributed by atoms with Crippen LogP contribution in [0.4, 0.5) is 23.2 Å². The van der Waals surface area contributed by atoms with Gasteiger partial charge in [0.1, 0.15) is 5.82 Å². The lowest BCUT2D eigenvalue weighted by Crippen LogP contribution is -2.43. The van der Waals surface area contributed by atoms with E-state index < -0.39 is 26.0 Å². The number of halogens is 4. The molecule has 3 heterocycles. The van der Waals surface area contributed by atoms with Crippen molar-refractivity contribution in [3.05, 3.63) is 144 Å². The fourth-order valence-corrected chi connectivity index (χ4v) is 7.32. The summed E-state index contributed by atoms with van der Waals surface area (Å²) in [5.41, 5.74) is 4.26. The molecule has 0 bridgehead atoms. The average Bonchev–Trinajstić information content (AvgIpc) is 3.92. The molecule has 8 rings (SSSR count). The van der Waals surface area contributed by atoms with Crippen LogP contribution in [-0.4, -0.2) is 98.9 Å². The summed E-state index contributed by atoms with van der Waals surface area (Å²) in [6.07, 6.45) is -2.44. The first-order valence-corrected chi connectivity index (χ1v) is 19.8. The molecule has 2 fully saturated rings. The van der Waals surface area contributed by atoms with Gasteiger partial charge in [0.25, 0.3) is 0 Å². The van der Waals surface area contributed by atoms with Crippen LogP contribution in [0.5, 0.6) is 0 Å². The predicted octanol–water partition coefficient (Wildman–Crippen LogP) is 5.42. The molecule has 5 aromatic carbocycles. The van der Waals surface area contributed by atoms with Crippen molar-refractivity contribution in [3.63, 3.8) is 0 Å². The maximum absolute atomic E-state index is 13.1. The van der Waals surface area contributed by atoms with Crippen molar-refractivity contribution in [2.24, 2.45) is 5.92 Å². The third-order valence-electron chi connectivity index (χ3n) is 10.7. The monoisotopic (exact) mass is 853 g/mol. The SMILES string of the molecule is C.O=C(Nc1ccc2[nH]nc(-c3ccccc3)c2c1)[C@@H]1CCN(CC(=O)N2CCC(c3cccc(C(F)(F)F)c3)CC2)C1.OB(O)c1ccc(F)cc1.OB(O)c1ccccc1. The Kier molecular flexibility index (Phi) is 16.6. The number of amides is 2. The van der Waals surface area contributed by atoms with E-state index in [9.17, 15) is 27.2 Å². The summed E-state index contributed by atoms with van der Waals surface area (Å²) < 4.78 is 51.5. The zero-order valence-corrected chi connectivity index (χ0v) is 33.0. The fourth-order valence-electron chi connectivity index (χ4n) is 7.32. The van der Waals surface area contributed by atoms with Crippen molar-refractivity contribution in [1.82, 2.24) is 20.0 Å². The number of anilines is 1. The second kappa shape index (κ2) is 21.8. The van der Waals surface area contributed by atoms with Gasteiger partial charge in [-0.15, -0.1) is 0 Å². The zero-order valence-electron chi connectivity index (χ0n) is 33.0. The van der Waals surface area contributed by atoms with Crippen LogP contribution < -0.4 is 16.2 Å². The lowest BCUT2D eigenvalue weighted by atomic mass is 9.80. The summed E-state index contributed by atoms with van der Waals surface area (Å²) in [5, 5.41) is 45.7. The molecule has 62 heavy (non-hydrogen) atoms. The molecule has 17 heteroatoms. The van der Waals surface area contributed by atoms with Crippen LogP contribution in [-0.2, 0) is 15.8 Å². The molecule has 2 saturated heterocycles. The number of piperidine rings is 1. The van der Waals surface area contributed by atoms with Gasteiger partial charge in [0.2, 0.25) is 11.8 Å². The summed E-state index contributed by atoms with van der Waals surface area (Å²) in [4.78, 5) is 29.9. The number of aromatic nitrogens is 2. The molecule has 1 aromatic heterocycles. The van der Waals surface area contributed by atoms with Crippen molar-refractivity contribution in [1.29, 1.82) is 0 Å². The van der Waals surface area contributed by atoms with E-state index in [1.807, 2.05) is 59.5 Å². The molecule has 11 nitrogen and oxygen atoms in total. The minimum absolute atomic E-state index is 0. The number of hydrogen-bond acceptors (Lipinski definition) is 8. The zero-order chi connectivity index (χ0) is 43.5. The highest BCUT2D eigenvalue weighted by Gasteiger charge is 2.33. The lowest BCUT2D eigenvalue weighted by Gasteiger charge is -2.33. The van der Waals surface area contributed by atoms with Gasteiger partial charge in [-0.1, -0.05) is 98.4 Å². The molecule has 0 unspecified atom stereocenters. The molecule has 0 aliphatic carbocycles. The van der Waals surface area contributed by atoms with Gasteiger partial charge in [-0.3, -0.25) is 19.6 Å². The number of nitrogens with zero attached hydrogens (tertiary/aromatic N) is 3. The molecule has 6 aromatic rings. The number of carbonyl (C=O) groups excluding carboxylic acids is 2. The number of carbonyl (C=O) groups is 2. The maximum Gasteiger partial charge on any atom is 0.488 e. The normalized spacial score (nSPS) is 15.4. The highest BCUT2D eigenvalue weighted by Crippen LogP contribution is 2.34. The number of hydrogen-bond donors (Lipinski definition) is 6.